The van der Waals surface area contributed by atoms with E-state index in [4.69, 9.17) is 4.74 Å². The van der Waals surface area contributed by atoms with Crippen molar-refractivity contribution in [2.75, 3.05) is 11.5 Å². The van der Waals surface area contributed by atoms with Crippen LogP contribution in [0, 0.1) is 0 Å². The molecule has 0 saturated heterocycles. The molecule has 4 nitrogen and oxygen atoms in total. The molecular formula is C25H24N2O2S. The Bertz CT molecular complexity index is 1090. The van der Waals surface area contributed by atoms with Crippen molar-refractivity contribution in [2.24, 2.45) is 0 Å². The van der Waals surface area contributed by atoms with E-state index in [0.717, 1.165) is 15.8 Å². The van der Waals surface area contributed by atoms with Crippen LogP contribution in [0.5, 0.6) is 5.75 Å². The Hall–Kier alpha value is -3.18. The molecule has 0 saturated carbocycles. The third-order valence-electron chi connectivity index (χ3n) is 4.91. The molecule has 0 aliphatic heterocycles. The van der Waals surface area contributed by atoms with Gasteiger partial charge in [-0.25, -0.2) is 4.98 Å². The Kier molecular flexibility index (Phi) is 6.10. The van der Waals surface area contributed by atoms with Gasteiger partial charge in [-0.05, 0) is 41.3 Å². The molecule has 152 valence electrons. The summed E-state index contributed by atoms with van der Waals surface area (Å²) < 4.78 is 6.86. The molecule has 0 aliphatic rings. The minimum atomic E-state index is -0.120. The SMILES string of the molecule is CC(C)c1ccc(OCC(=O)N(Cc2ccccc2)c2nc3ccccc3s2)cc1. The Balaban J connectivity index is 1.54. The number of carbonyl (C=O) groups excluding carboxylic acids is 1. The summed E-state index contributed by atoms with van der Waals surface area (Å²) in [4.78, 5) is 19.5. The second kappa shape index (κ2) is 9.09. The first-order chi connectivity index (χ1) is 14.6. The van der Waals surface area contributed by atoms with Gasteiger partial charge in [-0.3, -0.25) is 9.69 Å². The zero-order valence-corrected chi connectivity index (χ0v) is 17.9. The molecule has 0 bridgehead atoms. The molecule has 0 fully saturated rings. The molecule has 0 N–H and O–H groups in total. The molecule has 0 radical (unpaired) electrons. The molecule has 4 aromatic rings. The highest BCUT2D eigenvalue weighted by molar-refractivity contribution is 7.22. The highest BCUT2D eigenvalue weighted by Crippen LogP contribution is 2.30. The van der Waals surface area contributed by atoms with Gasteiger partial charge in [-0.15, -0.1) is 0 Å². The summed E-state index contributed by atoms with van der Waals surface area (Å²) in [7, 11) is 0. The maximum atomic E-state index is 13.1. The van der Waals surface area contributed by atoms with Crippen molar-refractivity contribution in [3.05, 3.63) is 90.0 Å². The van der Waals surface area contributed by atoms with Gasteiger partial charge in [0, 0.05) is 0 Å². The number of amides is 1. The zero-order valence-electron chi connectivity index (χ0n) is 17.1. The summed E-state index contributed by atoms with van der Waals surface area (Å²) in [6.45, 7) is 4.72. The van der Waals surface area contributed by atoms with Gasteiger partial charge in [0.2, 0.25) is 0 Å². The van der Waals surface area contributed by atoms with Crippen molar-refractivity contribution in [3.63, 3.8) is 0 Å². The van der Waals surface area contributed by atoms with Crippen LogP contribution < -0.4 is 9.64 Å². The summed E-state index contributed by atoms with van der Waals surface area (Å²) in [6, 6.07) is 25.8. The van der Waals surface area contributed by atoms with E-state index < -0.39 is 0 Å². The first-order valence-corrected chi connectivity index (χ1v) is 10.8. The first kappa shape index (κ1) is 20.1. The van der Waals surface area contributed by atoms with E-state index >= 15 is 0 Å². The highest BCUT2D eigenvalue weighted by atomic mass is 32.1. The molecule has 0 unspecified atom stereocenters. The van der Waals surface area contributed by atoms with Crippen LogP contribution in [-0.2, 0) is 11.3 Å². The van der Waals surface area contributed by atoms with Gasteiger partial charge in [0.1, 0.15) is 5.75 Å². The number of nitrogens with zero attached hydrogens (tertiary/aromatic N) is 2. The monoisotopic (exact) mass is 416 g/mol. The molecule has 1 amide bonds. The van der Waals surface area contributed by atoms with E-state index in [9.17, 15) is 4.79 Å². The third-order valence-corrected chi connectivity index (χ3v) is 5.97. The lowest BCUT2D eigenvalue weighted by atomic mass is 10.0. The number of hydrogen-bond acceptors (Lipinski definition) is 4. The van der Waals surface area contributed by atoms with Gasteiger partial charge in [0.25, 0.3) is 5.91 Å². The van der Waals surface area contributed by atoms with E-state index in [1.807, 2.05) is 78.9 Å². The number of carbonyl (C=O) groups is 1. The first-order valence-electron chi connectivity index (χ1n) is 10.0. The second-order valence-electron chi connectivity index (χ2n) is 7.44. The van der Waals surface area contributed by atoms with Gasteiger partial charge in [-0.1, -0.05) is 79.8 Å². The highest BCUT2D eigenvalue weighted by Gasteiger charge is 2.21. The molecular weight excluding hydrogens is 392 g/mol. The Morgan fingerprint density at radius 3 is 2.37 bits per heavy atom. The summed E-state index contributed by atoms with van der Waals surface area (Å²) >= 11 is 1.52. The third kappa shape index (κ3) is 4.69. The summed E-state index contributed by atoms with van der Waals surface area (Å²) in [5, 5.41) is 0.684. The van der Waals surface area contributed by atoms with Crippen molar-refractivity contribution in [1.29, 1.82) is 0 Å². The fraction of sp³-hybridized carbons (Fsp3) is 0.200. The van der Waals surface area contributed by atoms with Gasteiger partial charge in [0.15, 0.2) is 11.7 Å². The van der Waals surface area contributed by atoms with E-state index in [1.54, 1.807) is 4.90 Å². The maximum absolute atomic E-state index is 13.1. The van der Waals surface area contributed by atoms with Crippen LogP contribution in [-0.4, -0.2) is 17.5 Å². The molecule has 1 heterocycles. The minimum absolute atomic E-state index is 0.0379. The number of rotatable bonds is 7. The largest absolute Gasteiger partial charge is 0.484 e. The molecule has 5 heteroatoms. The smallest absolute Gasteiger partial charge is 0.267 e. The summed E-state index contributed by atoms with van der Waals surface area (Å²) in [6.07, 6.45) is 0. The number of thiazole rings is 1. The van der Waals surface area contributed by atoms with Crippen molar-refractivity contribution in [3.8, 4) is 5.75 Å². The summed E-state index contributed by atoms with van der Waals surface area (Å²) in [5.74, 6) is 1.03. The minimum Gasteiger partial charge on any atom is -0.484 e. The molecule has 4 rings (SSSR count). The van der Waals surface area contributed by atoms with Crippen molar-refractivity contribution < 1.29 is 9.53 Å². The average molecular weight is 417 g/mol. The predicted octanol–water partition coefficient (Wildman–Crippen LogP) is 6.03. The fourth-order valence-corrected chi connectivity index (χ4v) is 4.16. The standard InChI is InChI=1S/C25H24N2O2S/c1-18(2)20-12-14-21(15-13-20)29-17-24(28)27(16-19-8-4-3-5-9-19)25-26-22-10-6-7-11-23(22)30-25/h3-15,18H,16-17H2,1-2H3. The zero-order chi connectivity index (χ0) is 20.9. The van der Waals surface area contributed by atoms with Gasteiger partial charge in [0.05, 0.1) is 16.8 Å². The van der Waals surface area contributed by atoms with E-state index in [0.29, 0.717) is 23.3 Å². The number of para-hydroxylation sites is 1. The van der Waals surface area contributed by atoms with Crippen LogP contribution in [0.25, 0.3) is 10.2 Å². The van der Waals surface area contributed by atoms with Gasteiger partial charge < -0.3 is 4.74 Å². The second-order valence-corrected chi connectivity index (χ2v) is 8.45. The number of benzene rings is 3. The van der Waals surface area contributed by atoms with Crippen LogP contribution in [0.2, 0.25) is 0 Å². The topological polar surface area (TPSA) is 42.4 Å². The quantitative estimate of drug-likeness (QED) is 0.369. The van der Waals surface area contributed by atoms with Crippen LogP contribution in [0.15, 0.2) is 78.9 Å². The fourth-order valence-electron chi connectivity index (χ4n) is 3.18. The molecule has 0 atom stereocenters. The number of aromatic nitrogens is 1. The van der Waals surface area contributed by atoms with Crippen LogP contribution in [0.1, 0.15) is 30.9 Å². The van der Waals surface area contributed by atoms with Crippen molar-refractivity contribution >= 4 is 32.6 Å². The molecule has 0 aliphatic carbocycles. The summed E-state index contributed by atoms with van der Waals surface area (Å²) in [5.41, 5.74) is 3.19. The normalized spacial score (nSPS) is 11.0. The maximum Gasteiger partial charge on any atom is 0.267 e. The Labute approximate surface area is 180 Å². The lowest BCUT2D eigenvalue weighted by Crippen LogP contribution is -2.34. The molecule has 1 aromatic heterocycles. The number of anilines is 1. The van der Waals surface area contributed by atoms with Crippen LogP contribution in [0.4, 0.5) is 5.13 Å². The van der Waals surface area contributed by atoms with Crippen LogP contribution in [0.3, 0.4) is 0 Å². The number of fused-ring (bicyclic) bond motifs is 1. The van der Waals surface area contributed by atoms with Crippen molar-refractivity contribution in [1.82, 2.24) is 4.98 Å². The molecule has 30 heavy (non-hydrogen) atoms. The van der Waals surface area contributed by atoms with Gasteiger partial charge >= 0.3 is 0 Å². The van der Waals surface area contributed by atoms with E-state index in [1.165, 1.54) is 16.9 Å². The van der Waals surface area contributed by atoms with Crippen LogP contribution >= 0.6 is 11.3 Å². The number of ether oxygens (including phenoxy) is 1. The lowest BCUT2D eigenvalue weighted by Gasteiger charge is -2.20. The lowest BCUT2D eigenvalue weighted by molar-refractivity contribution is -0.120. The Morgan fingerprint density at radius 1 is 0.967 bits per heavy atom. The van der Waals surface area contributed by atoms with Crippen molar-refractivity contribution in [2.45, 2.75) is 26.3 Å². The number of hydrogen-bond donors (Lipinski definition) is 0. The average Bonchev–Trinajstić information content (AvgIpc) is 3.20. The Morgan fingerprint density at radius 2 is 1.67 bits per heavy atom. The molecule has 3 aromatic carbocycles. The van der Waals surface area contributed by atoms with Gasteiger partial charge in [-0.2, -0.15) is 0 Å². The molecule has 0 spiro atoms. The van der Waals surface area contributed by atoms with E-state index in [2.05, 4.69) is 18.8 Å². The predicted molar refractivity (Wildman–Crippen MR) is 123 cm³/mol. The van der Waals surface area contributed by atoms with E-state index in [-0.39, 0.29) is 12.5 Å².